The molecule has 0 aliphatic carbocycles. The summed E-state index contributed by atoms with van der Waals surface area (Å²) >= 11 is 0. The summed E-state index contributed by atoms with van der Waals surface area (Å²) in [5.41, 5.74) is 2.50. The van der Waals surface area contributed by atoms with E-state index in [1.807, 2.05) is 6.08 Å². The molecule has 0 amide bonds. The third kappa shape index (κ3) is 6.92. The fraction of sp³-hybridized carbons (Fsp3) is 0.474. The summed E-state index contributed by atoms with van der Waals surface area (Å²) in [6.07, 6.45) is 6.29. The first-order valence-electron chi connectivity index (χ1n) is 7.77. The predicted molar refractivity (Wildman–Crippen MR) is 96.0 cm³/mol. The monoisotopic (exact) mass is 302 g/mol. The van der Waals surface area contributed by atoms with Gasteiger partial charge < -0.3 is 4.43 Å². The van der Waals surface area contributed by atoms with E-state index in [1.165, 1.54) is 11.1 Å². The quantitative estimate of drug-likeness (QED) is 0.443. The summed E-state index contributed by atoms with van der Waals surface area (Å²) in [6.45, 7) is 15.0. The molecular formula is C19H30OSi. The number of hydrogen-bond donors (Lipinski definition) is 0. The minimum absolute atomic E-state index is 0.226. The van der Waals surface area contributed by atoms with E-state index in [4.69, 9.17) is 4.43 Å². The Balaban J connectivity index is 2.69. The average molecular weight is 303 g/mol. The summed E-state index contributed by atoms with van der Waals surface area (Å²) in [5, 5.41) is 0. The summed E-state index contributed by atoms with van der Waals surface area (Å²) in [4.78, 5) is 0. The second-order valence-corrected chi connectivity index (χ2v) is 10.9. The SMILES string of the molecule is C=CC(C)(CCC=C(C)C)O[Si](C)(C)Cc1ccccc1. The van der Waals surface area contributed by atoms with Gasteiger partial charge in [0.1, 0.15) is 0 Å². The Labute approximate surface area is 131 Å². The second kappa shape index (κ2) is 7.76. The molecule has 1 aromatic carbocycles. The molecule has 116 valence electrons. The molecule has 0 aromatic heterocycles. The van der Waals surface area contributed by atoms with Crippen molar-refractivity contribution < 1.29 is 4.43 Å². The molecule has 1 unspecified atom stereocenters. The molecule has 0 saturated heterocycles. The number of allylic oxidation sites excluding steroid dienone is 2. The molecule has 0 spiro atoms. The van der Waals surface area contributed by atoms with E-state index in [1.54, 1.807) is 0 Å². The highest BCUT2D eigenvalue weighted by Crippen LogP contribution is 2.26. The van der Waals surface area contributed by atoms with Gasteiger partial charge in [-0.3, -0.25) is 0 Å². The van der Waals surface area contributed by atoms with Crippen LogP contribution < -0.4 is 0 Å². The molecule has 0 saturated carbocycles. The van der Waals surface area contributed by atoms with Gasteiger partial charge in [-0.1, -0.05) is 48.1 Å². The van der Waals surface area contributed by atoms with Crippen molar-refractivity contribution in [3.63, 3.8) is 0 Å². The fourth-order valence-corrected chi connectivity index (χ4v) is 5.34. The van der Waals surface area contributed by atoms with Crippen molar-refractivity contribution in [3.05, 3.63) is 60.2 Å². The summed E-state index contributed by atoms with van der Waals surface area (Å²) in [7, 11) is -1.77. The minimum atomic E-state index is -1.77. The summed E-state index contributed by atoms with van der Waals surface area (Å²) in [5.74, 6) is 0. The van der Waals surface area contributed by atoms with Gasteiger partial charge in [0, 0.05) is 0 Å². The van der Waals surface area contributed by atoms with Crippen LogP contribution in [0, 0.1) is 0 Å². The van der Waals surface area contributed by atoms with Gasteiger partial charge in [0.15, 0.2) is 8.32 Å². The van der Waals surface area contributed by atoms with Crippen LogP contribution in [-0.2, 0) is 10.5 Å². The van der Waals surface area contributed by atoms with E-state index in [-0.39, 0.29) is 5.60 Å². The van der Waals surface area contributed by atoms with E-state index >= 15 is 0 Å². The maximum absolute atomic E-state index is 6.55. The van der Waals surface area contributed by atoms with Crippen LogP contribution in [0.25, 0.3) is 0 Å². The van der Waals surface area contributed by atoms with Gasteiger partial charge in [-0.05, 0) is 58.3 Å². The van der Waals surface area contributed by atoms with E-state index in [0.717, 1.165) is 18.9 Å². The van der Waals surface area contributed by atoms with Crippen LogP contribution >= 0.6 is 0 Å². The largest absolute Gasteiger partial charge is 0.408 e. The topological polar surface area (TPSA) is 9.23 Å². The van der Waals surface area contributed by atoms with Gasteiger partial charge in [0.25, 0.3) is 0 Å². The average Bonchev–Trinajstić information content (AvgIpc) is 2.38. The summed E-state index contributed by atoms with van der Waals surface area (Å²) < 4.78 is 6.55. The lowest BCUT2D eigenvalue weighted by atomic mass is 10.00. The van der Waals surface area contributed by atoms with Crippen LogP contribution in [0.2, 0.25) is 13.1 Å². The first-order valence-corrected chi connectivity index (χ1v) is 10.9. The molecule has 1 rings (SSSR count). The molecule has 0 aliphatic rings. The maximum atomic E-state index is 6.55. The van der Waals surface area contributed by atoms with Crippen molar-refractivity contribution in [2.45, 2.75) is 58.4 Å². The Morgan fingerprint density at radius 2 is 1.86 bits per heavy atom. The molecule has 0 radical (unpaired) electrons. The van der Waals surface area contributed by atoms with Crippen molar-refractivity contribution in [1.82, 2.24) is 0 Å². The highest BCUT2D eigenvalue weighted by atomic mass is 28.4. The second-order valence-electron chi connectivity index (χ2n) is 6.86. The van der Waals surface area contributed by atoms with E-state index < -0.39 is 8.32 Å². The van der Waals surface area contributed by atoms with Crippen LogP contribution in [-0.4, -0.2) is 13.9 Å². The zero-order valence-corrected chi connectivity index (χ0v) is 15.3. The highest BCUT2D eigenvalue weighted by Gasteiger charge is 2.32. The van der Waals surface area contributed by atoms with Crippen molar-refractivity contribution in [1.29, 1.82) is 0 Å². The molecule has 0 heterocycles. The minimum Gasteiger partial charge on any atom is -0.408 e. The Morgan fingerprint density at radius 1 is 1.24 bits per heavy atom. The van der Waals surface area contributed by atoms with Gasteiger partial charge in [0.2, 0.25) is 0 Å². The van der Waals surface area contributed by atoms with Gasteiger partial charge in [-0.15, -0.1) is 6.58 Å². The Morgan fingerprint density at radius 3 is 2.38 bits per heavy atom. The first-order chi connectivity index (χ1) is 9.76. The van der Waals surface area contributed by atoms with Gasteiger partial charge in [0.05, 0.1) is 5.60 Å². The molecule has 0 fully saturated rings. The van der Waals surface area contributed by atoms with Crippen LogP contribution in [0.5, 0.6) is 0 Å². The lowest BCUT2D eigenvalue weighted by Gasteiger charge is -2.36. The molecule has 1 atom stereocenters. The third-order valence-corrected chi connectivity index (χ3v) is 5.89. The zero-order chi connectivity index (χ0) is 15.9. The molecular weight excluding hydrogens is 272 g/mol. The third-order valence-electron chi connectivity index (χ3n) is 3.61. The van der Waals surface area contributed by atoms with Crippen molar-refractivity contribution in [2.24, 2.45) is 0 Å². The van der Waals surface area contributed by atoms with Gasteiger partial charge in [-0.25, -0.2) is 0 Å². The van der Waals surface area contributed by atoms with Gasteiger partial charge in [-0.2, -0.15) is 0 Å². The number of rotatable bonds is 8. The molecule has 0 N–H and O–H groups in total. The molecule has 21 heavy (non-hydrogen) atoms. The predicted octanol–water partition coefficient (Wildman–Crippen LogP) is 5.68. The molecule has 2 heteroatoms. The molecule has 1 nitrogen and oxygen atoms in total. The highest BCUT2D eigenvalue weighted by molar-refractivity contribution is 6.70. The van der Waals surface area contributed by atoms with Crippen molar-refractivity contribution in [2.75, 3.05) is 0 Å². The Hall–Kier alpha value is -1.12. The van der Waals surface area contributed by atoms with Crippen molar-refractivity contribution in [3.8, 4) is 0 Å². The van der Waals surface area contributed by atoms with Crippen molar-refractivity contribution >= 4 is 8.32 Å². The smallest absolute Gasteiger partial charge is 0.192 e. The lowest BCUT2D eigenvalue weighted by molar-refractivity contribution is 0.121. The van der Waals surface area contributed by atoms with Crippen LogP contribution in [0.3, 0.4) is 0 Å². The first kappa shape index (κ1) is 17.9. The molecule has 0 aliphatic heterocycles. The standard InChI is InChI=1S/C19H30OSi/c1-7-19(4,15-11-12-17(2)3)20-21(5,6)16-18-13-9-8-10-14-18/h7-10,12-14H,1,11,15-16H2,2-6H3. The molecule has 0 bridgehead atoms. The van der Waals surface area contributed by atoms with Crippen LogP contribution in [0.15, 0.2) is 54.6 Å². The van der Waals surface area contributed by atoms with Crippen LogP contribution in [0.4, 0.5) is 0 Å². The summed E-state index contributed by atoms with van der Waals surface area (Å²) in [6, 6.07) is 11.7. The zero-order valence-electron chi connectivity index (χ0n) is 14.3. The number of benzene rings is 1. The van der Waals surface area contributed by atoms with E-state index in [0.29, 0.717) is 0 Å². The normalized spacial score (nSPS) is 14.3. The van der Waals surface area contributed by atoms with E-state index in [2.05, 4.69) is 76.9 Å². The van der Waals surface area contributed by atoms with Crippen LogP contribution in [0.1, 0.15) is 39.2 Å². The fourth-order valence-electron chi connectivity index (χ4n) is 2.60. The van der Waals surface area contributed by atoms with E-state index in [9.17, 15) is 0 Å². The number of hydrogen-bond acceptors (Lipinski definition) is 1. The lowest BCUT2D eigenvalue weighted by Crippen LogP contribution is -2.43. The van der Waals surface area contributed by atoms with Gasteiger partial charge >= 0.3 is 0 Å². The Kier molecular flexibility index (Phi) is 6.63. The Bertz CT molecular complexity index is 472. The maximum Gasteiger partial charge on any atom is 0.192 e. The molecule has 1 aromatic rings.